The molecule has 0 bridgehead atoms. The van der Waals surface area contributed by atoms with E-state index in [1.54, 1.807) is 36.4 Å². The standard InChI is InChI=1S/C13H6Br2O2S/c14-7-1-3-9-11(5-7)18(17)12-6-8(15)2-4-10(12)13(9)16/h1-6H. The highest BCUT2D eigenvalue weighted by Gasteiger charge is 2.28. The van der Waals surface area contributed by atoms with Crippen LogP contribution in [-0.4, -0.2) is 9.99 Å². The van der Waals surface area contributed by atoms with Gasteiger partial charge in [-0.25, -0.2) is 4.21 Å². The Balaban J connectivity index is 2.32. The molecule has 0 radical (unpaired) electrons. The van der Waals surface area contributed by atoms with Gasteiger partial charge in [-0.3, -0.25) is 4.79 Å². The summed E-state index contributed by atoms with van der Waals surface area (Å²) in [6, 6.07) is 10.5. The molecule has 1 heterocycles. The van der Waals surface area contributed by atoms with E-state index in [0.717, 1.165) is 8.95 Å². The Morgan fingerprint density at radius 2 is 1.28 bits per heavy atom. The molecule has 0 aliphatic carbocycles. The first-order chi connectivity index (χ1) is 8.58. The van der Waals surface area contributed by atoms with Crippen LogP contribution < -0.4 is 0 Å². The number of carbonyl (C=O) groups excluding carboxylic acids is 1. The average Bonchev–Trinajstić information content (AvgIpc) is 2.35. The minimum atomic E-state index is -1.31. The SMILES string of the molecule is O=C1c2ccc(Br)cc2S(=O)c2cc(Br)ccc21. The maximum absolute atomic E-state index is 12.5. The van der Waals surface area contributed by atoms with Gasteiger partial charge in [-0.15, -0.1) is 0 Å². The van der Waals surface area contributed by atoms with Gasteiger partial charge < -0.3 is 0 Å². The molecule has 1 aliphatic rings. The van der Waals surface area contributed by atoms with Crippen molar-refractivity contribution in [3.63, 3.8) is 0 Å². The molecule has 2 aromatic rings. The fourth-order valence-corrected chi connectivity index (χ4v) is 4.39. The van der Waals surface area contributed by atoms with E-state index in [1.807, 2.05) is 0 Å². The quantitative estimate of drug-likeness (QED) is 0.587. The molecule has 0 aromatic heterocycles. The highest BCUT2D eigenvalue weighted by Crippen LogP contribution is 2.34. The minimum absolute atomic E-state index is 0.0698. The van der Waals surface area contributed by atoms with Crippen LogP contribution in [-0.2, 0) is 10.8 Å². The van der Waals surface area contributed by atoms with Crippen LogP contribution in [0.3, 0.4) is 0 Å². The third-order valence-electron chi connectivity index (χ3n) is 2.78. The Morgan fingerprint density at radius 1 is 0.833 bits per heavy atom. The van der Waals surface area contributed by atoms with E-state index in [-0.39, 0.29) is 5.78 Å². The van der Waals surface area contributed by atoms with Gasteiger partial charge in [-0.05, 0) is 36.4 Å². The molecule has 0 atom stereocenters. The highest BCUT2D eigenvalue weighted by molar-refractivity contribution is 9.10. The van der Waals surface area contributed by atoms with E-state index in [2.05, 4.69) is 31.9 Å². The largest absolute Gasteiger partial charge is 0.289 e. The molecule has 0 fully saturated rings. The van der Waals surface area contributed by atoms with E-state index in [9.17, 15) is 9.00 Å². The van der Waals surface area contributed by atoms with Crippen molar-refractivity contribution in [2.24, 2.45) is 0 Å². The van der Waals surface area contributed by atoms with Crippen LogP contribution in [0.25, 0.3) is 0 Å². The van der Waals surface area contributed by atoms with Gasteiger partial charge in [0, 0.05) is 20.1 Å². The number of ketones is 1. The number of rotatable bonds is 0. The fraction of sp³-hybridized carbons (Fsp3) is 0. The minimum Gasteiger partial charge on any atom is -0.289 e. The second kappa shape index (κ2) is 4.40. The van der Waals surface area contributed by atoms with E-state index < -0.39 is 10.8 Å². The number of fused-ring (bicyclic) bond motifs is 2. The monoisotopic (exact) mass is 384 g/mol. The van der Waals surface area contributed by atoms with Crippen molar-refractivity contribution in [2.75, 3.05) is 0 Å². The van der Waals surface area contributed by atoms with Gasteiger partial charge in [-0.2, -0.15) is 0 Å². The van der Waals surface area contributed by atoms with Gasteiger partial charge in [0.25, 0.3) is 0 Å². The van der Waals surface area contributed by atoms with Crippen molar-refractivity contribution < 1.29 is 9.00 Å². The Hall–Kier alpha value is -0.780. The van der Waals surface area contributed by atoms with Gasteiger partial charge in [0.1, 0.15) is 0 Å². The molecule has 0 unspecified atom stereocenters. The maximum atomic E-state index is 12.5. The molecule has 5 heteroatoms. The van der Waals surface area contributed by atoms with Crippen LogP contribution in [0.2, 0.25) is 0 Å². The molecule has 90 valence electrons. The summed E-state index contributed by atoms with van der Waals surface area (Å²) in [7, 11) is -1.31. The first-order valence-electron chi connectivity index (χ1n) is 5.13. The zero-order valence-corrected chi connectivity index (χ0v) is 12.9. The second-order valence-corrected chi connectivity index (χ2v) is 7.13. The van der Waals surface area contributed by atoms with Crippen molar-refractivity contribution in [3.05, 3.63) is 56.5 Å². The summed E-state index contributed by atoms with van der Waals surface area (Å²) < 4.78 is 14.1. The molecule has 0 N–H and O–H groups in total. The molecule has 1 aliphatic heterocycles. The lowest BCUT2D eigenvalue weighted by Crippen LogP contribution is -2.16. The Bertz CT molecular complexity index is 653. The third kappa shape index (κ3) is 1.81. The van der Waals surface area contributed by atoms with Crippen LogP contribution in [0.5, 0.6) is 0 Å². The molecular formula is C13H6Br2O2S. The molecule has 3 rings (SSSR count). The van der Waals surface area contributed by atoms with Gasteiger partial charge in [0.15, 0.2) is 5.78 Å². The van der Waals surface area contributed by atoms with E-state index in [0.29, 0.717) is 20.9 Å². The molecule has 2 nitrogen and oxygen atoms in total. The van der Waals surface area contributed by atoms with Crippen molar-refractivity contribution in [3.8, 4) is 0 Å². The first kappa shape index (κ1) is 12.3. The van der Waals surface area contributed by atoms with Crippen molar-refractivity contribution in [2.45, 2.75) is 9.79 Å². The Kier molecular flexibility index (Phi) is 3.00. The highest BCUT2D eigenvalue weighted by atomic mass is 79.9. The van der Waals surface area contributed by atoms with Crippen LogP contribution in [0.1, 0.15) is 15.9 Å². The average molecular weight is 386 g/mol. The van der Waals surface area contributed by atoms with Crippen LogP contribution >= 0.6 is 31.9 Å². The number of benzene rings is 2. The van der Waals surface area contributed by atoms with E-state index in [4.69, 9.17) is 0 Å². The molecule has 0 amide bonds. The fourth-order valence-electron chi connectivity index (χ4n) is 1.94. The predicted octanol–water partition coefficient (Wildman–Crippen LogP) is 3.92. The summed E-state index contributed by atoms with van der Waals surface area (Å²) >= 11 is 6.67. The van der Waals surface area contributed by atoms with Gasteiger partial charge >= 0.3 is 0 Å². The summed E-state index contributed by atoms with van der Waals surface area (Å²) in [4.78, 5) is 13.4. The summed E-state index contributed by atoms with van der Waals surface area (Å²) in [5, 5.41) is 0. The molecule has 2 aromatic carbocycles. The van der Waals surface area contributed by atoms with Crippen LogP contribution in [0.15, 0.2) is 55.1 Å². The summed E-state index contributed by atoms with van der Waals surface area (Å²) in [5.41, 5.74) is 1.04. The van der Waals surface area contributed by atoms with Crippen molar-refractivity contribution in [1.29, 1.82) is 0 Å². The lowest BCUT2D eigenvalue weighted by molar-refractivity contribution is 0.103. The number of halogens is 2. The zero-order valence-electron chi connectivity index (χ0n) is 8.94. The van der Waals surface area contributed by atoms with Crippen molar-refractivity contribution in [1.82, 2.24) is 0 Å². The Labute approximate surface area is 123 Å². The van der Waals surface area contributed by atoms with Gasteiger partial charge in [0.05, 0.1) is 20.6 Å². The lowest BCUT2D eigenvalue weighted by atomic mass is 10.0. The number of hydrogen-bond donors (Lipinski definition) is 0. The van der Waals surface area contributed by atoms with E-state index >= 15 is 0 Å². The normalized spacial score (nSPS) is 14.2. The summed E-state index contributed by atoms with van der Waals surface area (Å²) in [6.07, 6.45) is 0. The summed E-state index contributed by atoms with van der Waals surface area (Å²) in [6.45, 7) is 0. The predicted molar refractivity (Wildman–Crippen MR) is 76.4 cm³/mol. The van der Waals surface area contributed by atoms with Crippen LogP contribution in [0.4, 0.5) is 0 Å². The van der Waals surface area contributed by atoms with Crippen LogP contribution in [0, 0.1) is 0 Å². The first-order valence-corrected chi connectivity index (χ1v) is 7.87. The molecule has 0 spiro atoms. The number of hydrogen-bond acceptors (Lipinski definition) is 2. The maximum Gasteiger partial charge on any atom is 0.195 e. The third-order valence-corrected chi connectivity index (χ3v) is 5.24. The smallest absolute Gasteiger partial charge is 0.195 e. The van der Waals surface area contributed by atoms with Gasteiger partial charge in [-0.1, -0.05) is 31.9 Å². The van der Waals surface area contributed by atoms with Crippen molar-refractivity contribution >= 4 is 48.4 Å². The zero-order chi connectivity index (χ0) is 12.9. The van der Waals surface area contributed by atoms with Gasteiger partial charge in [0.2, 0.25) is 0 Å². The second-order valence-electron chi connectivity index (χ2n) is 3.88. The van der Waals surface area contributed by atoms with E-state index in [1.165, 1.54) is 0 Å². The molecule has 0 saturated heterocycles. The lowest BCUT2D eigenvalue weighted by Gasteiger charge is -2.18. The molecular weight excluding hydrogens is 380 g/mol. The topological polar surface area (TPSA) is 34.1 Å². The summed E-state index contributed by atoms with van der Waals surface area (Å²) in [5.74, 6) is -0.0698. The molecule has 0 saturated carbocycles. The molecule has 18 heavy (non-hydrogen) atoms. The number of carbonyl (C=O) groups is 1. The Morgan fingerprint density at radius 3 is 1.72 bits per heavy atom.